The summed E-state index contributed by atoms with van der Waals surface area (Å²) in [5, 5.41) is 27.4. The number of halogens is 1. The van der Waals surface area contributed by atoms with Crippen LogP contribution in [0.15, 0.2) is 9.05 Å². The number of carbonyl (C=O) groups excluding carboxylic acids is 2. The van der Waals surface area contributed by atoms with Gasteiger partial charge in [-0.05, 0) is 152 Å². The summed E-state index contributed by atoms with van der Waals surface area (Å²) < 4.78 is 23.4. The van der Waals surface area contributed by atoms with Crippen molar-refractivity contribution in [2.24, 2.45) is 23.7 Å². The summed E-state index contributed by atoms with van der Waals surface area (Å²) in [6.07, 6.45) is 9.73. The van der Waals surface area contributed by atoms with Gasteiger partial charge in [-0.25, -0.2) is 0 Å². The zero-order valence-electron chi connectivity index (χ0n) is 34.9. The lowest BCUT2D eigenvalue weighted by Gasteiger charge is -2.35. The minimum Gasteiger partial charge on any atom is -0.481 e. The van der Waals surface area contributed by atoms with Crippen molar-refractivity contribution in [3.8, 4) is 0 Å². The van der Waals surface area contributed by atoms with Crippen LogP contribution in [0.4, 0.5) is 0 Å². The van der Waals surface area contributed by atoms with Crippen molar-refractivity contribution >= 4 is 40.5 Å². The highest BCUT2D eigenvalue weighted by atomic mass is 127. The number of nitrogens with zero attached hydrogens (tertiary/aromatic N) is 2. The average Bonchev–Trinajstić information content (AvgIpc) is 3.62. The first kappa shape index (κ1) is 45.2. The molecule has 3 saturated carbocycles. The summed E-state index contributed by atoms with van der Waals surface area (Å²) in [6, 6.07) is 0. The number of hydrogen-bond donors (Lipinski definition) is 2. The lowest BCUT2D eigenvalue weighted by atomic mass is 9.69. The van der Waals surface area contributed by atoms with Crippen molar-refractivity contribution in [1.82, 2.24) is 10.3 Å². The largest absolute Gasteiger partial charge is 0.481 e. The van der Waals surface area contributed by atoms with Crippen LogP contribution in [-0.2, 0) is 23.9 Å². The first-order valence-electron chi connectivity index (χ1n) is 20.5. The second kappa shape index (κ2) is 19.3. The average molecular weight is 883 g/mol. The molecule has 11 nitrogen and oxygen atoms in total. The minimum absolute atomic E-state index is 0.00558. The Balaban J connectivity index is 0.000000246. The highest BCUT2D eigenvalue weighted by Gasteiger charge is 2.42. The van der Waals surface area contributed by atoms with Gasteiger partial charge in [-0.3, -0.25) is 14.4 Å². The van der Waals surface area contributed by atoms with Gasteiger partial charge in [0.25, 0.3) is 0 Å². The van der Waals surface area contributed by atoms with Crippen LogP contribution >= 0.6 is 22.6 Å². The van der Waals surface area contributed by atoms with E-state index in [9.17, 15) is 24.6 Å². The summed E-state index contributed by atoms with van der Waals surface area (Å²) in [5.74, 6) is 3.75. The van der Waals surface area contributed by atoms with Crippen molar-refractivity contribution in [3.05, 3.63) is 32.0 Å². The summed E-state index contributed by atoms with van der Waals surface area (Å²) >= 11 is 2.28. The van der Waals surface area contributed by atoms with E-state index in [1.165, 1.54) is 12.8 Å². The maximum atomic E-state index is 12.4. The Hall–Kier alpha value is -2.48. The Morgan fingerprint density at radius 2 is 1.18 bits per heavy atom. The molecule has 310 valence electrons. The Kier molecular flexibility index (Phi) is 15.9. The van der Waals surface area contributed by atoms with Gasteiger partial charge in [-0.1, -0.05) is 38.0 Å². The van der Waals surface area contributed by atoms with Crippen molar-refractivity contribution in [3.63, 3.8) is 0 Å². The molecule has 0 spiro atoms. The van der Waals surface area contributed by atoms with Crippen molar-refractivity contribution in [1.29, 1.82) is 0 Å². The van der Waals surface area contributed by atoms with Crippen LogP contribution in [0, 0.1) is 27.2 Å². The topological polar surface area (TPSA) is 162 Å². The van der Waals surface area contributed by atoms with Crippen molar-refractivity contribution in [2.75, 3.05) is 6.61 Å². The number of carboxylic acids is 1. The monoisotopic (exact) mass is 882 g/mol. The number of carboxylic acid groups (broad SMARTS) is 1. The minimum atomic E-state index is -0.939. The van der Waals surface area contributed by atoms with Gasteiger partial charge in [0.2, 0.25) is 0 Å². The lowest BCUT2D eigenvalue weighted by Crippen LogP contribution is -2.26. The molecule has 3 fully saturated rings. The molecule has 12 heteroatoms. The molecule has 2 unspecified atom stereocenters. The molecule has 0 aromatic carbocycles. The first-order chi connectivity index (χ1) is 25.6. The summed E-state index contributed by atoms with van der Waals surface area (Å²) in [4.78, 5) is 36.1. The maximum Gasteiger partial charge on any atom is 0.307 e. The molecule has 0 aliphatic heterocycles. The quantitative estimate of drug-likeness (QED) is 0.115. The van der Waals surface area contributed by atoms with Gasteiger partial charge < -0.3 is 28.7 Å². The molecule has 2 atom stereocenters. The predicted octanol–water partition coefficient (Wildman–Crippen LogP) is 10.4. The molecule has 0 radical (unpaired) electrons. The van der Waals surface area contributed by atoms with Crippen LogP contribution in [-0.4, -0.2) is 56.2 Å². The summed E-state index contributed by atoms with van der Waals surface area (Å²) in [5.41, 5.74) is 1.43. The van der Waals surface area contributed by atoms with Crippen LogP contribution in [0.5, 0.6) is 0 Å². The van der Waals surface area contributed by atoms with Crippen LogP contribution in [0.1, 0.15) is 204 Å². The molecular weight excluding hydrogens is 815 g/mol. The molecular formula is C43H67IN2O9. The molecule has 55 heavy (non-hydrogen) atoms. The molecule has 0 bridgehead atoms. The fraction of sp³-hybridized carbons (Fsp3) is 0.791. The molecule has 2 aromatic heterocycles. The fourth-order valence-electron chi connectivity index (χ4n) is 8.26. The second-order valence-corrected chi connectivity index (χ2v) is 20.4. The van der Waals surface area contributed by atoms with Gasteiger partial charge in [-0.15, -0.1) is 0 Å². The highest BCUT2D eigenvalue weighted by molar-refractivity contribution is 14.1. The molecule has 2 aromatic rings. The third kappa shape index (κ3) is 13.8. The number of rotatable bonds is 17. The normalized spacial score (nSPS) is 22.3. The van der Waals surface area contributed by atoms with Crippen LogP contribution < -0.4 is 0 Å². The van der Waals surface area contributed by atoms with Gasteiger partial charge in [0.05, 0.1) is 28.5 Å². The van der Waals surface area contributed by atoms with E-state index >= 15 is 0 Å². The highest BCUT2D eigenvalue weighted by Crippen LogP contribution is 2.53. The van der Waals surface area contributed by atoms with Crippen LogP contribution in [0.2, 0.25) is 0 Å². The van der Waals surface area contributed by atoms with Crippen molar-refractivity contribution < 1.29 is 43.1 Å². The summed E-state index contributed by atoms with van der Waals surface area (Å²) in [6.45, 7) is 20.0. The number of aliphatic carboxylic acids is 1. The van der Waals surface area contributed by atoms with E-state index in [4.69, 9.17) is 18.5 Å². The van der Waals surface area contributed by atoms with E-state index in [1.807, 2.05) is 41.5 Å². The number of aliphatic hydroxyl groups excluding tert-OH is 1. The number of ether oxygens (including phenoxy) is 2. The van der Waals surface area contributed by atoms with E-state index in [0.29, 0.717) is 35.8 Å². The number of aliphatic hydroxyl groups is 1. The Morgan fingerprint density at radius 3 is 1.62 bits per heavy atom. The molecule has 3 aliphatic rings. The lowest BCUT2D eigenvalue weighted by molar-refractivity contribution is -0.156. The van der Waals surface area contributed by atoms with E-state index in [1.54, 1.807) is 0 Å². The molecule has 2 N–H and O–H groups in total. The number of hydrogen-bond acceptors (Lipinski definition) is 10. The molecule has 0 saturated heterocycles. The van der Waals surface area contributed by atoms with Crippen LogP contribution in [0.3, 0.4) is 0 Å². The van der Waals surface area contributed by atoms with Gasteiger partial charge in [0.1, 0.15) is 22.7 Å². The van der Waals surface area contributed by atoms with Gasteiger partial charge >= 0.3 is 17.9 Å². The van der Waals surface area contributed by atoms with Crippen molar-refractivity contribution in [2.45, 2.75) is 187 Å². The third-order valence-electron chi connectivity index (χ3n) is 10.6. The maximum absolute atomic E-state index is 12.4. The smallest absolute Gasteiger partial charge is 0.307 e. The van der Waals surface area contributed by atoms with Gasteiger partial charge in [0, 0.05) is 35.8 Å². The first-order valence-corrected chi connectivity index (χ1v) is 21.6. The molecule has 2 heterocycles. The van der Waals surface area contributed by atoms with Crippen LogP contribution in [0.25, 0.3) is 0 Å². The summed E-state index contributed by atoms with van der Waals surface area (Å²) in [7, 11) is 0. The molecule has 3 aliphatic carbocycles. The molecule has 5 rings (SSSR count). The third-order valence-corrected chi connectivity index (χ3v) is 11.7. The van der Waals surface area contributed by atoms with Gasteiger partial charge in [-0.2, -0.15) is 0 Å². The van der Waals surface area contributed by atoms with E-state index in [2.05, 4.69) is 60.6 Å². The van der Waals surface area contributed by atoms with Gasteiger partial charge in [0.15, 0.2) is 5.76 Å². The predicted molar refractivity (Wildman–Crippen MR) is 218 cm³/mol. The Labute approximate surface area is 341 Å². The standard InChI is InChI=1S/C23H35NO5.C20H32INO4/c1-13(2)8-14-9-17(10-14)22-20(15-6-7-15)21(24-29-22)16(11-18(25)26)12-19(27)28-23(3,4)5;1-12(2)8-13-9-15(10-13)19-17(21)18(22-26-19)14(6-7-23)11-16(24)25-20(3,4)5/h13-17H,6-12H2,1-5H3,(H,25,26);12-15,23H,6-11H2,1-5H3. The Bertz CT molecular complexity index is 1570. The Morgan fingerprint density at radius 1 is 0.727 bits per heavy atom. The van der Waals surface area contributed by atoms with E-state index in [0.717, 1.165) is 82.6 Å². The fourth-order valence-corrected chi connectivity index (χ4v) is 9.34. The second-order valence-electron chi connectivity index (χ2n) is 19.3. The zero-order chi connectivity index (χ0) is 40.8. The zero-order valence-corrected chi connectivity index (χ0v) is 37.1. The number of carbonyl (C=O) groups is 3. The number of aromatic nitrogens is 2. The number of esters is 2. The molecule has 0 amide bonds. The van der Waals surface area contributed by atoms with E-state index in [-0.39, 0.29) is 37.8 Å². The SMILES string of the molecule is CC(C)CC1CC(c2onc(C(CC(=O)O)CC(=O)OC(C)(C)C)c2C2CC2)C1.CC(C)CC1CC(c2onc(C(CCO)CC(=O)OC(C)(C)C)c2I)C1. The van der Waals surface area contributed by atoms with E-state index < -0.39 is 29.1 Å².